The summed E-state index contributed by atoms with van der Waals surface area (Å²) in [5, 5.41) is 1.48. The van der Waals surface area contributed by atoms with Crippen molar-refractivity contribution < 1.29 is 13.9 Å². The molecule has 3 rings (SSSR count). The van der Waals surface area contributed by atoms with Crippen LogP contribution in [0.2, 0.25) is 0 Å². The van der Waals surface area contributed by atoms with Gasteiger partial charge in [0.2, 0.25) is 12.4 Å². The van der Waals surface area contributed by atoms with E-state index in [1.165, 1.54) is 11.6 Å². The van der Waals surface area contributed by atoms with Crippen molar-refractivity contribution in [3.8, 4) is 5.88 Å². The Morgan fingerprint density at radius 1 is 1.32 bits per heavy atom. The van der Waals surface area contributed by atoms with Crippen LogP contribution >= 0.6 is 11.6 Å². The summed E-state index contributed by atoms with van der Waals surface area (Å²) in [6, 6.07) is 6.96. The van der Waals surface area contributed by atoms with Crippen LogP contribution in [-0.2, 0) is 4.79 Å². The zero-order valence-electron chi connectivity index (χ0n) is 13.3. The van der Waals surface area contributed by atoms with Gasteiger partial charge in [0, 0.05) is 17.5 Å². The van der Waals surface area contributed by atoms with Crippen LogP contribution in [0.5, 0.6) is 5.88 Å². The van der Waals surface area contributed by atoms with Gasteiger partial charge in [-0.15, -0.1) is 0 Å². The molecule has 1 aliphatic heterocycles. The van der Waals surface area contributed by atoms with Crippen molar-refractivity contribution in [3.05, 3.63) is 72.2 Å². The highest BCUT2D eigenvalue weighted by Gasteiger charge is 2.30. The minimum absolute atomic E-state index is 0.248. The van der Waals surface area contributed by atoms with Crippen molar-refractivity contribution in [2.24, 2.45) is 4.99 Å². The molecule has 3 heterocycles. The third-order valence-corrected chi connectivity index (χ3v) is 4.14. The van der Waals surface area contributed by atoms with Gasteiger partial charge >= 0.3 is 5.97 Å². The molecule has 1 aliphatic rings. The summed E-state index contributed by atoms with van der Waals surface area (Å²) in [5.41, 5.74) is 0.660. The maximum atomic E-state index is 12.2. The van der Waals surface area contributed by atoms with Crippen molar-refractivity contribution in [1.82, 2.24) is 4.98 Å². The molecule has 0 N–H and O–H groups in total. The molecule has 0 fully saturated rings. The van der Waals surface area contributed by atoms with E-state index in [1.807, 2.05) is 12.1 Å². The number of hydrogen-bond donors (Lipinski definition) is 0. The predicted molar refractivity (Wildman–Crippen MR) is 101 cm³/mol. The fraction of sp³-hybridized carbons (Fsp3) is 0.0556. The van der Waals surface area contributed by atoms with E-state index in [1.54, 1.807) is 49.2 Å². The number of aromatic nitrogens is 1. The molecule has 0 bridgehead atoms. The number of esters is 1. The lowest BCUT2D eigenvalue weighted by Gasteiger charge is -2.04. The summed E-state index contributed by atoms with van der Waals surface area (Å²) in [6.07, 6.45) is 8.47. The van der Waals surface area contributed by atoms with E-state index >= 15 is 0 Å². The molecule has 1 radical (unpaired) electrons. The summed E-state index contributed by atoms with van der Waals surface area (Å²) in [4.78, 5) is 20.5. The van der Waals surface area contributed by atoms with E-state index in [0.717, 1.165) is 5.22 Å². The third-order valence-electron chi connectivity index (χ3n) is 3.22. The van der Waals surface area contributed by atoms with Crippen LogP contribution in [0.4, 0.5) is 0 Å². The number of carbonyl (C=O) groups is 1. The number of nitrogens with zero attached hydrogens (tertiary/aromatic N) is 2. The molecule has 123 valence electrons. The Balaban J connectivity index is 1.82. The molecule has 2 aromatic rings. The topological polar surface area (TPSA) is 64.7 Å². The van der Waals surface area contributed by atoms with Crippen molar-refractivity contribution in [2.45, 2.75) is 5.94 Å². The highest BCUT2D eigenvalue weighted by Crippen LogP contribution is 2.21. The van der Waals surface area contributed by atoms with Gasteiger partial charge in [-0.1, -0.05) is 37.5 Å². The summed E-state index contributed by atoms with van der Waals surface area (Å²) >= 11 is 1.33. The summed E-state index contributed by atoms with van der Waals surface area (Å²) < 4.78 is 11.0. The van der Waals surface area contributed by atoms with E-state index in [2.05, 4.69) is 23.1 Å². The lowest BCUT2D eigenvalue weighted by Crippen LogP contribution is -2.26. The van der Waals surface area contributed by atoms with Crippen LogP contribution < -0.4 is 15.4 Å². The largest absolute Gasteiger partial charge is 0.454 e. The summed E-state index contributed by atoms with van der Waals surface area (Å²) in [7, 11) is 0. The number of pyridine rings is 1. The first kappa shape index (κ1) is 17.0. The average molecular weight is 349 g/mol. The van der Waals surface area contributed by atoms with E-state index in [-0.39, 0.29) is 5.88 Å². The standard InChI is InChI=1S/C18H14BN2O3S/c1-3-7-12-11-14(23-13(12)8-4-2)17-21-16(19-25-17)18(22)24-15-9-5-6-10-20-15/h3-11,16H,1-2H2/b12-7-,13-8+. The highest BCUT2D eigenvalue weighted by atomic mass is 32.2. The molecule has 0 saturated carbocycles. The Hall–Kier alpha value is -2.80. The van der Waals surface area contributed by atoms with Crippen molar-refractivity contribution in [3.63, 3.8) is 0 Å². The van der Waals surface area contributed by atoms with E-state index in [9.17, 15) is 4.79 Å². The van der Waals surface area contributed by atoms with Gasteiger partial charge in [0.25, 0.3) is 0 Å². The molecule has 0 aliphatic carbocycles. The maximum Gasteiger partial charge on any atom is 0.329 e. The lowest BCUT2D eigenvalue weighted by atomic mass is 9.96. The second-order valence-electron chi connectivity index (χ2n) is 4.96. The lowest BCUT2D eigenvalue weighted by molar-refractivity contribution is -0.134. The molecular weight excluding hydrogens is 335 g/mol. The number of ether oxygens (including phenoxy) is 1. The van der Waals surface area contributed by atoms with E-state index < -0.39 is 11.9 Å². The zero-order chi connectivity index (χ0) is 17.6. The van der Waals surface area contributed by atoms with Gasteiger partial charge < -0.3 is 9.15 Å². The van der Waals surface area contributed by atoms with Gasteiger partial charge in [-0.3, -0.25) is 9.79 Å². The monoisotopic (exact) mass is 349 g/mol. The zero-order valence-corrected chi connectivity index (χ0v) is 14.1. The van der Waals surface area contributed by atoms with Gasteiger partial charge in [0.05, 0.1) is 0 Å². The van der Waals surface area contributed by atoms with Gasteiger partial charge in [-0.2, -0.15) is 11.6 Å². The Kier molecular flexibility index (Phi) is 5.35. The van der Waals surface area contributed by atoms with E-state index in [4.69, 9.17) is 9.15 Å². The molecule has 5 nitrogen and oxygen atoms in total. The number of carbonyl (C=O) groups excluding carboxylic acids is 1. The van der Waals surface area contributed by atoms with Crippen molar-refractivity contribution in [2.75, 3.05) is 0 Å². The molecule has 0 amide bonds. The SMILES string of the molecule is C=C/C=c1/cc(C2=NC(C(=O)Oc3ccccn3)[B]S2)o/c1=C/C=C. The number of allylic oxidation sites excluding steroid dienone is 2. The predicted octanol–water partition coefficient (Wildman–Crippen LogP) is 1.65. The first-order valence-corrected chi connectivity index (χ1v) is 8.35. The van der Waals surface area contributed by atoms with Crippen LogP contribution in [0.1, 0.15) is 5.76 Å². The quantitative estimate of drug-likeness (QED) is 0.607. The number of rotatable bonds is 5. The fourth-order valence-corrected chi connectivity index (χ4v) is 2.96. The molecular formula is C18H14BN2O3S. The molecule has 1 unspecified atom stereocenters. The Morgan fingerprint density at radius 2 is 2.16 bits per heavy atom. The average Bonchev–Trinajstić information content (AvgIpc) is 3.24. The molecule has 0 aromatic carbocycles. The molecule has 1 atom stereocenters. The minimum atomic E-state index is -0.703. The summed E-state index contributed by atoms with van der Waals surface area (Å²) in [6.45, 7) is 9.07. The fourth-order valence-electron chi connectivity index (χ4n) is 2.14. The smallest absolute Gasteiger partial charge is 0.329 e. The third kappa shape index (κ3) is 4.00. The van der Waals surface area contributed by atoms with Gasteiger partial charge in [-0.25, -0.2) is 4.98 Å². The van der Waals surface area contributed by atoms with E-state index in [0.29, 0.717) is 16.2 Å². The maximum absolute atomic E-state index is 12.2. The second kappa shape index (κ2) is 7.85. The van der Waals surface area contributed by atoms with Gasteiger partial charge in [-0.05, 0) is 18.2 Å². The van der Waals surface area contributed by atoms with Crippen LogP contribution in [0, 0.1) is 0 Å². The van der Waals surface area contributed by atoms with Crippen LogP contribution in [0.3, 0.4) is 0 Å². The Bertz CT molecular complexity index is 913. The van der Waals surface area contributed by atoms with Crippen molar-refractivity contribution >= 4 is 41.3 Å². The molecule has 25 heavy (non-hydrogen) atoms. The number of furan rings is 1. The Morgan fingerprint density at radius 3 is 2.88 bits per heavy atom. The van der Waals surface area contributed by atoms with Crippen LogP contribution in [0.25, 0.3) is 12.2 Å². The Labute approximate surface area is 149 Å². The van der Waals surface area contributed by atoms with Gasteiger partial charge in [0.1, 0.15) is 16.4 Å². The van der Waals surface area contributed by atoms with Crippen LogP contribution in [0.15, 0.2) is 65.2 Å². The molecule has 0 saturated heterocycles. The number of aliphatic imine (C=N–C) groups is 1. The summed E-state index contributed by atoms with van der Waals surface area (Å²) in [5.74, 6) is -0.358. The number of hydrogen-bond acceptors (Lipinski definition) is 6. The van der Waals surface area contributed by atoms with Gasteiger partial charge in [0.15, 0.2) is 5.76 Å². The minimum Gasteiger partial charge on any atom is -0.454 e. The molecule has 7 heteroatoms. The molecule has 2 aromatic heterocycles. The highest BCUT2D eigenvalue weighted by molar-refractivity contribution is 8.35. The first-order chi connectivity index (χ1) is 12.2. The normalized spacial score (nSPS) is 17.8. The molecule has 0 spiro atoms. The second-order valence-corrected chi connectivity index (χ2v) is 5.85. The van der Waals surface area contributed by atoms with Crippen LogP contribution in [-0.4, -0.2) is 28.5 Å². The van der Waals surface area contributed by atoms with Crippen molar-refractivity contribution in [1.29, 1.82) is 0 Å². The first-order valence-electron chi connectivity index (χ1n) is 7.47.